The van der Waals surface area contributed by atoms with Gasteiger partial charge in [0.2, 0.25) is 0 Å². The highest BCUT2D eigenvalue weighted by molar-refractivity contribution is 5.86. The van der Waals surface area contributed by atoms with Crippen LogP contribution in [0.25, 0.3) is 11.2 Å². The summed E-state index contributed by atoms with van der Waals surface area (Å²) < 4.78 is 21.5. The van der Waals surface area contributed by atoms with E-state index < -0.39 is 6.17 Å². The molecule has 1 unspecified atom stereocenters. The molecule has 2 aromatic heterocycles. The van der Waals surface area contributed by atoms with Crippen molar-refractivity contribution in [2.75, 3.05) is 23.5 Å². The smallest absolute Gasteiger partial charge is 0.177 e. The second-order valence-electron chi connectivity index (χ2n) is 7.82. The van der Waals surface area contributed by atoms with Gasteiger partial charge in [-0.15, -0.1) is 0 Å². The molecule has 0 spiro atoms. The summed E-state index contributed by atoms with van der Waals surface area (Å²) in [4.78, 5) is 25.4. The monoisotopic (exact) mass is 409 g/mol. The first kappa shape index (κ1) is 19.0. The summed E-state index contributed by atoms with van der Waals surface area (Å²) in [5.74, 6) is 0.496. The van der Waals surface area contributed by atoms with Gasteiger partial charge in [0.25, 0.3) is 0 Å². The molecule has 5 rings (SSSR count). The highest BCUT2D eigenvalue weighted by Crippen LogP contribution is 2.46. The van der Waals surface area contributed by atoms with Crippen LogP contribution in [0.1, 0.15) is 25.1 Å². The van der Waals surface area contributed by atoms with Crippen molar-refractivity contribution in [2.45, 2.75) is 44.6 Å². The molecule has 0 amide bonds. The largest absolute Gasteiger partial charge is 0.385 e. The quantitative estimate of drug-likeness (QED) is 0.421. The maximum absolute atomic E-state index is 14.1. The number of carbonyl (C=O) groups is 1. The van der Waals surface area contributed by atoms with Crippen LogP contribution in [0.3, 0.4) is 0 Å². The number of aldehydes is 1. The highest BCUT2D eigenvalue weighted by atomic mass is 19.1. The summed E-state index contributed by atoms with van der Waals surface area (Å²) in [5.41, 5.74) is 3.27. The van der Waals surface area contributed by atoms with Crippen molar-refractivity contribution in [1.29, 1.82) is 0 Å². The molecule has 1 atom stereocenters. The third-order valence-corrected chi connectivity index (χ3v) is 5.84. The first-order valence-corrected chi connectivity index (χ1v) is 10.3. The number of nitrogens with zero attached hydrogens (tertiary/aromatic N) is 5. The summed E-state index contributed by atoms with van der Waals surface area (Å²) in [6.45, 7) is 1.77. The van der Waals surface area contributed by atoms with E-state index in [0.29, 0.717) is 24.8 Å². The average molecular weight is 409 g/mol. The third-order valence-electron chi connectivity index (χ3n) is 5.84. The number of imidazole rings is 1. The van der Waals surface area contributed by atoms with Gasteiger partial charge in [0.1, 0.15) is 11.6 Å². The minimum absolute atomic E-state index is 0.309. The fourth-order valence-corrected chi connectivity index (χ4v) is 4.36. The number of fused-ring (bicyclic) bond motifs is 2. The summed E-state index contributed by atoms with van der Waals surface area (Å²) in [7, 11) is 1.69. The number of pyridine rings is 1. The Morgan fingerprint density at radius 2 is 2.13 bits per heavy atom. The minimum Gasteiger partial charge on any atom is -0.385 e. The van der Waals surface area contributed by atoms with Gasteiger partial charge in [0, 0.05) is 32.5 Å². The Kier molecular flexibility index (Phi) is 4.86. The minimum atomic E-state index is -0.463. The normalized spacial score (nSPS) is 18.3. The van der Waals surface area contributed by atoms with Gasteiger partial charge in [-0.05, 0) is 49.6 Å². The molecule has 3 heterocycles. The molecule has 1 aliphatic carbocycles. The van der Waals surface area contributed by atoms with E-state index >= 15 is 0 Å². The van der Waals surface area contributed by atoms with E-state index in [4.69, 9.17) is 9.72 Å². The number of rotatable bonds is 8. The van der Waals surface area contributed by atoms with E-state index in [1.54, 1.807) is 19.4 Å². The van der Waals surface area contributed by atoms with Crippen LogP contribution in [0, 0.1) is 5.82 Å². The predicted octanol–water partition coefficient (Wildman–Crippen LogP) is 3.12. The first-order valence-electron chi connectivity index (χ1n) is 10.3. The Balaban J connectivity index is 1.55. The van der Waals surface area contributed by atoms with E-state index in [1.807, 2.05) is 17.0 Å². The second-order valence-corrected chi connectivity index (χ2v) is 7.82. The number of aryl methyl sites for hydroxylation is 1. The third kappa shape index (κ3) is 3.21. The van der Waals surface area contributed by atoms with Gasteiger partial charge >= 0.3 is 0 Å². The average Bonchev–Trinajstić information content (AvgIpc) is 3.47. The number of methoxy groups -OCH3 is 1. The van der Waals surface area contributed by atoms with E-state index in [-0.39, 0.29) is 5.82 Å². The van der Waals surface area contributed by atoms with Gasteiger partial charge in [-0.3, -0.25) is 4.79 Å². The van der Waals surface area contributed by atoms with Gasteiger partial charge < -0.3 is 19.1 Å². The van der Waals surface area contributed by atoms with Crippen LogP contribution in [0.15, 0.2) is 36.5 Å². The first-order chi connectivity index (χ1) is 14.7. The fraction of sp³-hybridized carbons (Fsp3) is 0.409. The Labute approximate surface area is 174 Å². The number of benzene rings is 1. The fourth-order valence-electron chi connectivity index (χ4n) is 4.36. The van der Waals surface area contributed by atoms with Gasteiger partial charge in [-0.1, -0.05) is 0 Å². The van der Waals surface area contributed by atoms with Gasteiger partial charge in [0.15, 0.2) is 18.1 Å². The van der Waals surface area contributed by atoms with Crippen LogP contribution in [-0.2, 0) is 22.6 Å². The molecule has 30 heavy (non-hydrogen) atoms. The second kappa shape index (κ2) is 7.68. The summed E-state index contributed by atoms with van der Waals surface area (Å²) in [6.07, 6.45) is 5.15. The Morgan fingerprint density at radius 3 is 2.90 bits per heavy atom. The lowest BCUT2D eigenvalue weighted by atomic mass is 10.2. The molecule has 1 aromatic carbocycles. The molecular formula is C22H24FN5O2. The zero-order valence-electron chi connectivity index (χ0n) is 16.9. The Bertz CT molecular complexity index is 1080. The number of aromatic nitrogens is 3. The zero-order valence-corrected chi connectivity index (χ0v) is 16.9. The Hall–Kier alpha value is -3.00. The van der Waals surface area contributed by atoms with Crippen molar-refractivity contribution in [2.24, 2.45) is 0 Å². The molecule has 3 aromatic rings. The maximum Gasteiger partial charge on any atom is 0.177 e. The van der Waals surface area contributed by atoms with Crippen LogP contribution in [-0.4, -0.2) is 46.7 Å². The van der Waals surface area contributed by atoms with E-state index in [2.05, 4.69) is 14.5 Å². The number of ether oxygens (including phenoxy) is 1. The zero-order chi connectivity index (χ0) is 20.7. The molecule has 1 aliphatic heterocycles. The van der Waals surface area contributed by atoms with E-state index in [1.165, 1.54) is 12.1 Å². The standard InChI is InChI=1S/C22H24FN5O2/c1-30-11-3-10-26-18-4-2-9-24-22(18)25-20(26)13-27-19-12-15(23)5-8-17(19)28(16-6-7-16)21(27)14-29/h2,4-5,8-9,12,14,16,21H,3,6-7,10-11,13H2,1H3. The van der Waals surface area contributed by atoms with Crippen LogP contribution >= 0.6 is 0 Å². The lowest BCUT2D eigenvalue weighted by molar-refractivity contribution is -0.108. The molecule has 156 valence electrons. The number of hydrogen-bond acceptors (Lipinski definition) is 6. The van der Waals surface area contributed by atoms with Crippen molar-refractivity contribution in [1.82, 2.24) is 14.5 Å². The van der Waals surface area contributed by atoms with E-state index in [0.717, 1.165) is 54.8 Å². The van der Waals surface area contributed by atoms with Crippen LogP contribution in [0.4, 0.5) is 15.8 Å². The van der Waals surface area contributed by atoms with Gasteiger partial charge in [-0.25, -0.2) is 14.4 Å². The predicted molar refractivity (Wildman–Crippen MR) is 112 cm³/mol. The van der Waals surface area contributed by atoms with Crippen molar-refractivity contribution in [3.8, 4) is 0 Å². The number of hydrogen-bond donors (Lipinski definition) is 0. The molecule has 8 heteroatoms. The molecule has 0 saturated heterocycles. The SMILES string of the molecule is COCCCn1c(CN2c3cc(F)ccc3N(C3CC3)C2C=O)nc2ncccc21. The molecule has 0 radical (unpaired) electrons. The van der Waals surface area contributed by atoms with Crippen LogP contribution in [0.5, 0.6) is 0 Å². The molecule has 7 nitrogen and oxygen atoms in total. The van der Waals surface area contributed by atoms with Crippen molar-refractivity contribution < 1.29 is 13.9 Å². The van der Waals surface area contributed by atoms with E-state index in [9.17, 15) is 9.18 Å². The molecule has 0 N–H and O–H groups in total. The molecular weight excluding hydrogens is 385 g/mol. The molecule has 1 saturated carbocycles. The topological polar surface area (TPSA) is 63.5 Å². The number of halogens is 1. The lowest BCUT2D eigenvalue weighted by Crippen LogP contribution is -2.45. The van der Waals surface area contributed by atoms with Crippen LogP contribution in [0.2, 0.25) is 0 Å². The molecule has 0 bridgehead atoms. The maximum atomic E-state index is 14.1. The highest BCUT2D eigenvalue weighted by Gasteiger charge is 2.44. The summed E-state index contributed by atoms with van der Waals surface area (Å²) >= 11 is 0. The summed E-state index contributed by atoms with van der Waals surface area (Å²) in [6, 6.07) is 8.98. The molecule has 1 fully saturated rings. The lowest BCUT2D eigenvalue weighted by Gasteiger charge is -2.28. The Morgan fingerprint density at radius 1 is 1.27 bits per heavy atom. The van der Waals surface area contributed by atoms with Crippen molar-refractivity contribution in [3.05, 3.63) is 48.2 Å². The van der Waals surface area contributed by atoms with Crippen molar-refractivity contribution >= 4 is 28.8 Å². The summed E-state index contributed by atoms with van der Waals surface area (Å²) in [5, 5.41) is 0. The number of carbonyl (C=O) groups excluding carboxylic acids is 1. The molecule has 2 aliphatic rings. The van der Waals surface area contributed by atoms with Gasteiger partial charge in [-0.2, -0.15) is 0 Å². The van der Waals surface area contributed by atoms with Crippen molar-refractivity contribution in [3.63, 3.8) is 0 Å². The van der Waals surface area contributed by atoms with Gasteiger partial charge in [0.05, 0.1) is 23.4 Å². The van der Waals surface area contributed by atoms with Crippen LogP contribution < -0.4 is 9.80 Å². The number of anilines is 2.